The summed E-state index contributed by atoms with van der Waals surface area (Å²) >= 11 is 0. The second-order valence-electron chi connectivity index (χ2n) is 8.92. The molecular weight excluding hydrogens is 411 g/mol. The Kier molecular flexibility index (Phi) is 5.19. The van der Waals surface area contributed by atoms with Crippen molar-refractivity contribution in [2.75, 3.05) is 4.90 Å². The van der Waals surface area contributed by atoms with Crippen LogP contribution in [0.2, 0.25) is 0 Å². The van der Waals surface area contributed by atoms with Gasteiger partial charge in [-0.1, -0.05) is 18.2 Å². The number of aliphatic carboxylic acids is 1. The highest BCUT2D eigenvalue weighted by atomic mass is 19.1. The van der Waals surface area contributed by atoms with Crippen LogP contribution in [0, 0.1) is 11.7 Å². The van der Waals surface area contributed by atoms with Crippen LogP contribution in [-0.2, 0) is 9.59 Å². The van der Waals surface area contributed by atoms with Gasteiger partial charge in [-0.3, -0.25) is 14.4 Å². The number of hydrogen-bond acceptors (Lipinski definition) is 3. The van der Waals surface area contributed by atoms with Gasteiger partial charge in [-0.05, 0) is 61.6 Å². The summed E-state index contributed by atoms with van der Waals surface area (Å²) in [7, 11) is 0. The molecule has 2 fully saturated rings. The average molecular weight is 436 g/mol. The first-order valence-electron chi connectivity index (χ1n) is 11.2. The van der Waals surface area contributed by atoms with Gasteiger partial charge in [-0.2, -0.15) is 0 Å². The molecule has 2 saturated carbocycles. The van der Waals surface area contributed by atoms with E-state index in [2.05, 4.69) is 0 Å². The van der Waals surface area contributed by atoms with E-state index in [9.17, 15) is 18.8 Å². The molecule has 1 heterocycles. The zero-order valence-corrected chi connectivity index (χ0v) is 17.6. The first-order valence-corrected chi connectivity index (χ1v) is 11.2. The molecule has 3 aliphatic rings. The van der Waals surface area contributed by atoms with Crippen LogP contribution >= 0.6 is 0 Å². The Bertz CT molecular complexity index is 1070. The number of halogens is 1. The third kappa shape index (κ3) is 3.55. The molecular formula is C25H25FN2O4. The van der Waals surface area contributed by atoms with Gasteiger partial charge in [0, 0.05) is 35.7 Å². The number of fused-ring (bicyclic) bond motifs is 2. The molecule has 1 aliphatic heterocycles. The van der Waals surface area contributed by atoms with Gasteiger partial charge in [-0.15, -0.1) is 0 Å². The van der Waals surface area contributed by atoms with Crippen LogP contribution in [0.5, 0.6) is 0 Å². The highest BCUT2D eigenvalue weighted by Gasteiger charge is 2.53. The number of carboxylic acid groups (broad SMARTS) is 1. The second kappa shape index (κ2) is 8.04. The van der Waals surface area contributed by atoms with E-state index in [1.807, 2.05) is 34.1 Å². The van der Waals surface area contributed by atoms with Crippen LogP contribution in [0.25, 0.3) is 0 Å². The van der Waals surface area contributed by atoms with Crippen molar-refractivity contribution >= 4 is 23.5 Å². The number of para-hydroxylation sites is 1. The van der Waals surface area contributed by atoms with Gasteiger partial charge in [-0.25, -0.2) is 4.39 Å². The largest absolute Gasteiger partial charge is 0.481 e. The smallest absolute Gasteiger partial charge is 0.303 e. The van der Waals surface area contributed by atoms with Gasteiger partial charge in [0.25, 0.3) is 5.91 Å². The van der Waals surface area contributed by atoms with Crippen LogP contribution in [0.1, 0.15) is 60.5 Å². The van der Waals surface area contributed by atoms with E-state index in [1.54, 1.807) is 0 Å². The van der Waals surface area contributed by atoms with Crippen LogP contribution < -0.4 is 4.90 Å². The van der Waals surface area contributed by atoms with Crippen molar-refractivity contribution in [1.82, 2.24) is 4.90 Å². The van der Waals surface area contributed by atoms with Gasteiger partial charge in [0.05, 0.1) is 12.5 Å². The Morgan fingerprint density at radius 2 is 1.69 bits per heavy atom. The first kappa shape index (κ1) is 20.7. The quantitative estimate of drug-likeness (QED) is 0.738. The lowest BCUT2D eigenvalue weighted by molar-refractivity contribution is -0.143. The summed E-state index contributed by atoms with van der Waals surface area (Å²) < 4.78 is 13.4. The summed E-state index contributed by atoms with van der Waals surface area (Å²) in [6.07, 6.45) is 3.39. The number of anilines is 1. The predicted molar refractivity (Wildman–Crippen MR) is 116 cm³/mol. The van der Waals surface area contributed by atoms with Gasteiger partial charge in [0.1, 0.15) is 5.82 Å². The molecule has 0 bridgehead atoms. The summed E-state index contributed by atoms with van der Waals surface area (Å²) in [5, 5.41) is 9.05. The molecule has 7 heteroatoms. The molecule has 6 nitrogen and oxygen atoms in total. The minimum Gasteiger partial charge on any atom is -0.481 e. The Labute approximate surface area is 185 Å². The lowest BCUT2D eigenvalue weighted by atomic mass is 9.67. The van der Waals surface area contributed by atoms with E-state index in [0.717, 1.165) is 36.9 Å². The number of carbonyl (C=O) groups is 3. The third-order valence-corrected chi connectivity index (χ3v) is 6.93. The molecule has 2 aromatic rings. The van der Waals surface area contributed by atoms with E-state index < -0.39 is 5.97 Å². The molecule has 1 N–H and O–H groups in total. The van der Waals surface area contributed by atoms with Crippen molar-refractivity contribution in [3.05, 3.63) is 65.5 Å². The monoisotopic (exact) mass is 436 g/mol. The summed E-state index contributed by atoms with van der Waals surface area (Å²) in [6, 6.07) is 13.2. The molecule has 5 rings (SSSR count). The van der Waals surface area contributed by atoms with E-state index in [-0.39, 0.29) is 54.5 Å². The lowest BCUT2D eigenvalue weighted by Gasteiger charge is -2.55. The number of rotatable bonds is 6. The average Bonchev–Trinajstić information content (AvgIpc) is 3.59. The van der Waals surface area contributed by atoms with E-state index in [4.69, 9.17) is 5.11 Å². The highest BCUT2D eigenvalue weighted by Crippen LogP contribution is 2.54. The fraction of sp³-hybridized carbons (Fsp3) is 0.400. The molecule has 2 aromatic carbocycles. The second-order valence-corrected chi connectivity index (χ2v) is 8.92. The maximum atomic E-state index is 13.5. The SMILES string of the molecule is O=C(O)CCC(=O)N(C1CC1)C1c2ccccc2N(C(=O)c2ccc(F)cc2)C2CCC21. The molecule has 0 aromatic heterocycles. The van der Waals surface area contributed by atoms with Crippen LogP contribution in [-0.4, -0.2) is 39.9 Å². The third-order valence-electron chi connectivity index (χ3n) is 6.93. The van der Waals surface area contributed by atoms with Gasteiger partial charge in [0.15, 0.2) is 0 Å². The molecule has 2 aliphatic carbocycles. The Morgan fingerprint density at radius 1 is 0.969 bits per heavy atom. The highest BCUT2D eigenvalue weighted by molar-refractivity contribution is 6.07. The molecule has 3 atom stereocenters. The van der Waals surface area contributed by atoms with Crippen molar-refractivity contribution in [2.24, 2.45) is 5.92 Å². The predicted octanol–water partition coefficient (Wildman–Crippen LogP) is 4.16. The van der Waals surface area contributed by atoms with Gasteiger partial charge < -0.3 is 14.9 Å². The molecule has 32 heavy (non-hydrogen) atoms. The number of nitrogens with zero attached hydrogens (tertiary/aromatic N) is 2. The normalized spacial score (nSPS) is 23.5. The number of amides is 2. The Morgan fingerprint density at radius 3 is 2.31 bits per heavy atom. The van der Waals surface area contributed by atoms with Crippen molar-refractivity contribution < 1.29 is 23.9 Å². The van der Waals surface area contributed by atoms with Gasteiger partial charge >= 0.3 is 5.97 Å². The summed E-state index contributed by atoms with van der Waals surface area (Å²) in [5.41, 5.74) is 2.14. The maximum absolute atomic E-state index is 13.5. The minimum atomic E-state index is -0.976. The Balaban J connectivity index is 1.52. The number of benzene rings is 2. The summed E-state index contributed by atoms with van der Waals surface area (Å²) in [5.74, 6) is -1.55. The Hall–Kier alpha value is -3.22. The molecule has 3 unspecified atom stereocenters. The zero-order valence-electron chi connectivity index (χ0n) is 17.6. The van der Waals surface area contributed by atoms with Crippen molar-refractivity contribution in [3.8, 4) is 0 Å². The zero-order chi connectivity index (χ0) is 22.4. The topological polar surface area (TPSA) is 77.9 Å². The fourth-order valence-corrected chi connectivity index (χ4v) is 5.19. The maximum Gasteiger partial charge on any atom is 0.303 e. The fourth-order valence-electron chi connectivity index (χ4n) is 5.19. The number of hydrogen-bond donors (Lipinski definition) is 1. The van der Waals surface area contributed by atoms with Crippen molar-refractivity contribution in [2.45, 2.75) is 56.7 Å². The van der Waals surface area contributed by atoms with E-state index in [1.165, 1.54) is 24.3 Å². The lowest BCUT2D eigenvalue weighted by Crippen LogP contribution is -2.59. The first-order chi connectivity index (χ1) is 15.5. The number of carboxylic acids is 1. The molecule has 0 radical (unpaired) electrons. The van der Waals surface area contributed by atoms with Crippen molar-refractivity contribution in [1.29, 1.82) is 0 Å². The van der Waals surface area contributed by atoms with E-state index >= 15 is 0 Å². The van der Waals surface area contributed by atoms with Crippen LogP contribution in [0.15, 0.2) is 48.5 Å². The van der Waals surface area contributed by atoms with Crippen molar-refractivity contribution in [3.63, 3.8) is 0 Å². The molecule has 2 amide bonds. The molecule has 166 valence electrons. The summed E-state index contributed by atoms with van der Waals surface area (Å²) in [6.45, 7) is 0. The molecule has 0 saturated heterocycles. The van der Waals surface area contributed by atoms with Crippen LogP contribution in [0.3, 0.4) is 0 Å². The standard InChI is InChI=1S/C25H25FN2O4/c26-16-7-5-15(6-8-16)25(32)28-20-4-2-1-3-18(20)24(19-11-12-21(19)28)27(17-9-10-17)22(29)13-14-23(30)31/h1-8,17,19,21,24H,9-14H2,(H,30,31). The van der Waals surface area contributed by atoms with Crippen LogP contribution in [0.4, 0.5) is 10.1 Å². The number of carbonyl (C=O) groups excluding carboxylic acids is 2. The minimum absolute atomic E-state index is 0.0138. The summed E-state index contributed by atoms with van der Waals surface area (Å²) in [4.78, 5) is 41.4. The van der Waals surface area contributed by atoms with Gasteiger partial charge in [0.2, 0.25) is 5.91 Å². The van der Waals surface area contributed by atoms with E-state index in [0.29, 0.717) is 5.56 Å². The molecule has 0 spiro atoms.